The van der Waals surface area contributed by atoms with E-state index < -0.39 is 0 Å². The van der Waals surface area contributed by atoms with Crippen LogP contribution in [0.1, 0.15) is 36.9 Å². The van der Waals surface area contributed by atoms with Crippen molar-refractivity contribution >= 4 is 29.9 Å². The first-order chi connectivity index (χ1) is 15.2. The highest BCUT2D eigenvalue weighted by atomic mass is 127. The third-order valence-electron chi connectivity index (χ3n) is 5.83. The third kappa shape index (κ3) is 6.13. The van der Waals surface area contributed by atoms with E-state index >= 15 is 0 Å². The number of aromatic nitrogens is 2. The van der Waals surface area contributed by atoms with Crippen molar-refractivity contribution in [1.29, 1.82) is 0 Å². The molecule has 8 heteroatoms. The van der Waals surface area contributed by atoms with Gasteiger partial charge in [0.05, 0.1) is 30.7 Å². The Kier molecular flexibility index (Phi) is 9.16. The molecule has 0 saturated carbocycles. The predicted octanol–water partition coefficient (Wildman–Crippen LogP) is 4.52. The largest absolute Gasteiger partial charge is 0.468 e. The van der Waals surface area contributed by atoms with Crippen molar-refractivity contribution in [1.82, 2.24) is 25.1 Å². The molecule has 1 atom stereocenters. The molecule has 0 amide bonds. The minimum absolute atomic E-state index is 0. The number of hydrogen-bond acceptors (Lipinski definition) is 4. The van der Waals surface area contributed by atoms with E-state index in [1.165, 1.54) is 19.3 Å². The van der Waals surface area contributed by atoms with Crippen LogP contribution in [0.2, 0.25) is 0 Å². The molecule has 0 spiro atoms. The number of piperidine rings is 1. The van der Waals surface area contributed by atoms with Gasteiger partial charge in [-0.3, -0.25) is 9.89 Å². The standard InChI is InChI=1S/C24H32N6O.HI/c1-25-24(27-17-21(22-12-9-15-31-22)30-13-7-4-8-14-30)29(2)18-23-26-16-20(28-23)19-10-5-3-6-11-19;/h3,5-6,9-12,15-16,21H,4,7-8,13-14,17-18H2,1-2H3,(H,25,27)(H,26,28);1H. The summed E-state index contributed by atoms with van der Waals surface area (Å²) in [7, 11) is 3.85. The molecule has 1 fully saturated rings. The fraction of sp³-hybridized carbons (Fsp3) is 0.417. The summed E-state index contributed by atoms with van der Waals surface area (Å²) in [6.07, 6.45) is 7.45. The van der Waals surface area contributed by atoms with Crippen LogP contribution in [0, 0.1) is 0 Å². The van der Waals surface area contributed by atoms with Gasteiger partial charge in [-0.2, -0.15) is 0 Å². The lowest BCUT2D eigenvalue weighted by atomic mass is 10.1. The summed E-state index contributed by atoms with van der Waals surface area (Å²) in [6.45, 7) is 3.60. The van der Waals surface area contributed by atoms with Gasteiger partial charge < -0.3 is 19.6 Å². The monoisotopic (exact) mass is 548 g/mol. The van der Waals surface area contributed by atoms with Crippen LogP contribution in [0.15, 0.2) is 64.3 Å². The van der Waals surface area contributed by atoms with E-state index in [4.69, 9.17) is 4.42 Å². The van der Waals surface area contributed by atoms with Gasteiger partial charge in [0, 0.05) is 20.6 Å². The number of aliphatic imine (C=N–C) groups is 1. The smallest absolute Gasteiger partial charge is 0.193 e. The highest BCUT2D eigenvalue weighted by molar-refractivity contribution is 14.0. The second kappa shape index (κ2) is 12.1. The van der Waals surface area contributed by atoms with E-state index in [-0.39, 0.29) is 30.0 Å². The zero-order valence-electron chi connectivity index (χ0n) is 18.8. The lowest BCUT2D eigenvalue weighted by Gasteiger charge is -2.34. The van der Waals surface area contributed by atoms with Gasteiger partial charge in [0.2, 0.25) is 0 Å². The van der Waals surface area contributed by atoms with Gasteiger partial charge in [-0.1, -0.05) is 36.8 Å². The van der Waals surface area contributed by atoms with Gasteiger partial charge in [-0.25, -0.2) is 4.98 Å². The quantitative estimate of drug-likeness (QED) is 0.258. The van der Waals surface area contributed by atoms with Crippen molar-refractivity contribution in [2.45, 2.75) is 31.8 Å². The number of benzene rings is 1. The topological polar surface area (TPSA) is 72.7 Å². The molecule has 1 aliphatic rings. The summed E-state index contributed by atoms with van der Waals surface area (Å²) >= 11 is 0. The molecule has 4 rings (SSSR count). The summed E-state index contributed by atoms with van der Waals surface area (Å²) in [4.78, 5) is 17.1. The van der Waals surface area contributed by atoms with Crippen LogP contribution in [-0.4, -0.2) is 59.5 Å². The van der Waals surface area contributed by atoms with Crippen molar-refractivity contribution in [3.63, 3.8) is 0 Å². The Morgan fingerprint density at radius 2 is 1.97 bits per heavy atom. The van der Waals surface area contributed by atoms with Crippen molar-refractivity contribution in [3.8, 4) is 11.3 Å². The number of furan rings is 1. The lowest BCUT2D eigenvalue weighted by molar-refractivity contribution is 0.146. The summed E-state index contributed by atoms with van der Waals surface area (Å²) in [5.41, 5.74) is 2.16. The normalized spacial score (nSPS) is 15.8. The van der Waals surface area contributed by atoms with E-state index in [0.29, 0.717) is 6.54 Å². The van der Waals surface area contributed by atoms with Crippen LogP contribution in [0.3, 0.4) is 0 Å². The number of likely N-dealkylation sites (tertiary alicyclic amines) is 1. The summed E-state index contributed by atoms with van der Waals surface area (Å²) in [6, 6.07) is 14.5. The zero-order valence-corrected chi connectivity index (χ0v) is 21.2. The summed E-state index contributed by atoms with van der Waals surface area (Å²) in [5.74, 6) is 2.75. The second-order valence-electron chi connectivity index (χ2n) is 8.02. The molecular weight excluding hydrogens is 515 g/mol. The van der Waals surface area contributed by atoms with Gasteiger partial charge in [0.1, 0.15) is 11.6 Å². The molecule has 0 radical (unpaired) electrons. The van der Waals surface area contributed by atoms with Crippen LogP contribution < -0.4 is 5.32 Å². The number of hydrogen-bond donors (Lipinski definition) is 2. The van der Waals surface area contributed by atoms with Crippen molar-refractivity contribution in [3.05, 3.63) is 66.5 Å². The van der Waals surface area contributed by atoms with Crippen LogP contribution in [0.5, 0.6) is 0 Å². The maximum Gasteiger partial charge on any atom is 0.193 e. The van der Waals surface area contributed by atoms with Gasteiger partial charge in [0.15, 0.2) is 5.96 Å². The first-order valence-electron chi connectivity index (χ1n) is 11.0. The van der Waals surface area contributed by atoms with Gasteiger partial charge in [-0.05, 0) is 43.6 Å². The predicted molar refractivity (Wildman–Crippen MR) is 139 cm³/mol. The third-order valence-corrected chi connectivity index (χ3v) is 5.83. The zero-order chi connectivity index (χ0) is 21.5. The first-order valence-corrected chi connectivity index (χ1v) is 11.0. The molecule has 1 saturated heterocycles. The fourth-order valence-corrected chi connectivity index (χ4v) is 4.20. The molecule has 1 unspecified atom stereocenters. The molecule has 1 aromatic carbocycles. The minimum atomic E-state index is 0. The van der Waals surface area contributed by atoms with E-state index in [0.717, 1.165) is 48.4 Å². The Hall–Kier alpha value is -2.33. The molecule has 0 aliphatic carbocycles. The Morgan fingerprint density at radius 3 is 2.66 bits per heavy atom. The molecule has 7 nitrogen and oxygen atoms in total. The number of halogens is 1. The van der Waals surface area contributed by atoms with Gasteiger partial charge in [-0.15, -0.1) is 24.0 Å². The Labute approximate surface area is 207 Å². The van der Waals surface area contributed by atoms with Gasteiger partial charge >= 0.3 is 0 Å². The lowest BCUT2D eigenvalue weighted by Crippen LogP contribution is -2.44. The second-order valence-corrected chi connectivity index (χ2v) is 8.02. The number of nitrogens with one attached hydrogen (secondary N) is 2. The van der Waals surface area contributed by atoms with Crippen molar-refractivity contribution < 1.29 is 4.42 Å². The highest BCUT2D eigenvalue weighted by Crippen LogP contribution is 2.24. The van der Waals surface area contributed by atoms with Crippen LogP contribution in [0.25, 0.3) is 11.3 Å². The summed E-state index contributed by atoms with van der Waals surface area (Å²) < 4.78 is 5.77. The SMILES string of the molecule is CN=C(NCC(c1ccco1)N1CCCCC1)N(C)Cc1ncc(-c2ccccc2)[nH]1.I. The van der Waals surface area contributed by atoms with Crippen molar-refractivity contribution in [2.75, 3.05) is 33.7 Å². The molecular formula is C24H33IN6O. The van der Waals surface area contributed by atoms with Gasteiger partial charge in [0.25, 0.3) is 0 Å². The number of rotatable bonds is 7. The van der Waals surface area contributed by atoms with E-state index in [1.54, 1.807) is 6.26 Å². The Balaban J connectivity index is 0.00000289. The Bertz CT molecular complexity index is 950. The van der Waals surface area contributed by atoms with Crippen LogP contribution >= 0.6 is 24.0 Å². The molecule has 172 valence electrons. The molecule has 3 heterocycles. The molecule has 1 aliphatic heterocycles. The number of aromatic amines is 1. The number of nitrogens with zero attached hydrogens (tertiary/aromatic N) is 4. The van der Waals surface area contributed by atoms with Crippen LogP contribution in [0.4, 0.5) is 0 Å². The van der Waals surface area contributed by atoms with Crippen LogP contribution in [-0.2, 0) is 6.54 Å². The van der Waals surface area contributed by atoms with E-state index in [2.05, 4.69) is 48.3 Å². The molecule has 2 aromatic heterocycles. The Morgan fingerprint density at radius 1 is 1.19 bits per heavy atom. The molecule has 3 aromatic rings. The molecule has 0 bridgehead atoms. The maximum absolute atomic E-state index is 5.77. The first kappa shape index (κ1) is 24.3. The maximum atomic E-state index is 5.77. The highest BCUT2D eigenvalue weighted by Gasteiger charge is 2.25. The number of H-pyrrole nitrogens is 1. The van der Waals surface area contributed by atoms with E-state index in [9.17, 15) is 0 Å². The number of imidazole rings is 1. The number of guanidine groups is 1. The van der Waals surface area contributed by atoms with Crippen molar-refractivity contribution in [2.24, 2.45) is 4.99 Å². The molecule has 32 heavy (non-hydrogen) atoms. The average Bonchev–Trinajstić information content (AvgIpc) is 3.50. The average molecular weight is 548 g/mol. The minimum Gasteiger partial charge on any atom is -0.468 e. The fourth-order valence-electron chi connectivity index (χ4n) is 4.20. The van der Waals surface area contributed by atoms with E-state index in [1.807, 2.05) is 44.6 Å². The summed E-state index contributed by atoms with van der Waals surface area (Å²) in [5, 5.41) is 3.55. The molecule has 2 N–H and O–H groups in total.